The fourth-order valence-electron chi connectivity index (χ4n) is 0.676. The molecule has 3 heteroatoms. The van der Waals surface area contributed by atoms with Crippen molar-refractivity contribution in [1.29, 1.82) is 0 Å². The minimum Gasteiger partial charge on any atom is -0.305 e. The molecule has 0 unspecified atom stereocenters. The van der Waals surface area contributed by atoms with Gasteiger partial charge in [0.1, 0.15) is 0 Å². The van der Waals surface area contributed by atoms with E-state index in [4.69, 9.17) is 7.85 Å². The van der Waals surface area contributed by atoms with Crippen LogP contribution in [-0.2, 0) is 0 Å². The predicted molar refractivity (Wildman–Crippen MR) is 30.4 cm³/mol. The molecule has 0 aromatic carbocycles. The summed E-state index contributed by atoms with van der Waals surface area (Å²) in [4.78, 5) is 0. The van der Waals surface area contributed by atoms with Crippen molar-refractivity contribution in [3.8, 4) is 0 Å². The molecule has 0 aromatic rings. The first-order valence-corrected chi connectivity index (χ1v) is 2.56. The monoisotopic (exact) mass is 96.1 g/mol. The lowest BCUT2D eigenvalue weighted by Gasteiger charge is -2.19. The summed E-state index contributed by atoms with van der Waals surface area (Å²) in [5.41, 5.74) is 0. The van der Waals surface area contributed by atoms with Gasteiger partial charge in [-0.15, -0.1) is 0 Å². The first kappa shape index (κ1) is 5.13. The third-order valence-electron chi connectivity index (χ3n) is 1.06. The first-order valence-electron chi connectivity index (χ1n) is 2.56. The van der Waals surface area contributed by atoms with Gasteiger partial charge in [-0.1, -0.05) is 5.82 Å². The van der Waals surface area contributed by atoms with Crippen molar-refractivity contribution in [2.75, 3.05) is 19.8 Å². The van der Waals surface area contributed by atoms with Crippen molar-refractivity contribution in [2.45, 2.75) is 5.82 Å². The van der Waals surface area contributed by atoms with Crippen LogP contribution in [0.15, 0.2) is 0 Å². The van der Waals surface area contributed by atoms with Crippen molar-refractivity contribution < 1.29 is 0 Å². The zero-order chi connectivity index (χ0) is 5.11. The summed E-state index contributed by atoms with van der Waals surface area (Å²) in [5, 5.41) is 6.20. The molecule has 1 heterocycles. The Hall–Kier alpha value is -0.0151. The highest BCUT2D eigenvalue weighted by atomic mass is 15.1. The van der Waals surface area contributed by atoms with E-state index in [1.165, 1.54) is 0 Å². The van der Waals surface area contributed by atoms with Crippen LogP contribution < -0.4 is 10.6 Å². The lowest BCUT2D eigenvalue weighted by atomic mass is 9.87. The maximum atomic E-state index is 5.51. The van der Waals surface area contributed by atoms with Gasteiger partial charge in [0.15, 0.2) is 0 Å². The second kappa shape index (κ2) is 2.33. The third kappa shape index (κ3) is 1.49. The fourth-order valence-corrected chi connectivity index (χ4v) is 0.676. The Balaban J connectivity index is 2.12. The molecule has 0 aliphatic carbocycles. The Bertz CT molecular complexity index is 51.7. The Morgan fingerprint density at radius 2 is 1.86 bits per heavy atom. The third-order valence-corrected chi connectivity index (χ3v) is 1.06. The summed E-state index contributed by atoms with van der Waals surface area (Å²) in [6, 6.07) is 0. The number of hydrogen-bond donors (Lipinski definition) is 2. The molecule has 1 aliphatic rings. The van der Waals surface area contributed by atoms with Crippen molar-refractivity contribution in [1.82, 2.24) is 10.6 Å². The molecule has 38 valence electrons. The van der Waals surface area contributed by atoms with Crippen LogP contribution in [0.3, 0.4) is 0 Å². The molecule has 1 aliphatic heterocycles. The highest BCUT2D eigenvalue weighted by Crippen LogP contribution is 1.94. The smallest absolute Gasteiger partial charge is 0.0734 e. The zero-order valence-electron chi connectivity index (χ0n) is 4.28. The van der Waals surface area contributed by atoms with E-state index in [-0.39, 0.29) is 0 Å². The second-order valence-electron chi connectivity index (χ2n) is 1.85. The molecule has 2 radical (unpaired) electrons. The van der Waals surface area contributed by atoms with E-state index in [1.54, 1.807) is 0 Å². The average Bonchev–Trinajstić information content (AvgIpc) is 1.69. The molecule has 1 fully saturated rings. The van der Waals surface area contributed by atoms with E-state index in [2.05, 4.69) is 10.6 Å². The average molecular weight is 95.9 g/mol. The Labute approximate surface area is 45.1 Å². The van der Waals surface area contributed by atoms with Gasteiger partial charge in [0.25, 0.3) is 0 Å². The molecule has 2 N–H and O–H groups in total. The second-order valence-corrected chi connectivity index (χ2v) is 1.85. The van der Waals surface area contributed by atoms with Gasteiger partial charge >= 0.3 is 0 Å². The molecule has 0 amide bonds. The summed E-state index contributed by atoms with van der Waals surface area (Å²) in [5.74, 6) is 0.314. The molecule has 1 saturated heterocycles. The molecule has 1 rings (SSSR count). The highest BCUT2D eigenvalue weighted by Gasteiger charge is 2.03. The van der Waals surface area contributed by atoms with Crippen LogP contribution in [0.2, 0.25) is 5.82 Å². The van der Waals surface area contributed by atoms with Gasteiger partial charge in [0.05, 0.1) is 7.85 Å². The summed E-state index contributed by atoms with van der Waals surface area (Å²) in [6.45, 7) is 2.81. The van der Waals surface area contributed by atoms with Gasteiger partial charge in [-0.25, -0.2) is 0 Å². The van der Waals surface area contributed by atoms with E-state index in [0.29, 0.717) is 5.82 Å². The van der Waals surface area contributed by atoms with Gasteiger partial charge in [-0.05, 0) is 13.1 Å². The quantitative estimate of drug-likeness (QED) is 0.381. The summed E-state index contributed by atoms with van der Waals surface area (Å²) in [7, 11) is 5.51. The number of nitrogens with one attached hydrogen (secondary N) is 2. The van der Waals surface area contributed by atoms with Crippen LogP contribution in [0.1, 0.15) is 0 Å². The summed E-state index contributed by atoms with van der Waals surface area (Å²) >= 11 is 0. The molecule has 0 atom stereocenters. The normalized spacial score (nSPS) is 25.1. The zero-order valence-corrected chi connectivity index (χ0v) is 4.28. The fraction of sp³-hybridized carbons (Fsp3) is 1.00. The molecular formula is C4H9BN2. The molecular weight excluding hydrogens is 86.9 g/mol. The maximum Gasteiger partial charge on any atom is 0.0734 e. The topological polar surface area (TPSA) is 24.1 Å². The Kier molecular flexibility index (Phi) is 1.71. The van der Waals surface area contributed by atoms with Gasteiger partial charge in [-0.3, -0.25) is 0 Å². The van der Waals surface area contributed by atoms with E-state index < -0.39 is 0 Å². The number of hydrogen-bond acceptors (Lipinski definition) is 2. The van der Waals surface area contributed by atoms with Crippen molar-refractivity contribution >= 4 is 7.85 Å². The first-order chi connectivity index (χ1) is 3.39. The lowest BCUT2D eigenvalue weighted by Crippen LogP contribution is -2.41. The Morgan fingerprint density at radius 1 is 1.29 bits per heavy atom. The molecule has 0 bridgehead atoms. The number of rotatable bonds is 0. The molecule has 7 heavy (non-hydrogen) atoms. The minimum absolute atomic E-state index is 0.314. The van der Waals surface area contributed by atoms with Gasteiger partial charge in [0, 0.05) is 6.67 Å². The highest BCUT2D eigenvalue weighted by molar-refractivity contribution is 6.12. The Morgan fingerprint density at radius 3 is 2.14 bits per heavy atom. The van der Waals surface area contributed by atoms with E-state index in [9.17, 15) is 0 Å². The van der Waals surface area contributed by atoms with Crippen molar-refractivity contribution in [3.63, 3.8) is 0 Å². The lowest BCUT2D eigenvalue weighted by molar-refractivity contribution is 0.496. The standard InChI is InChI=1S/C4H9BN2/c5-4-1-6-3-7-2-4/h4,6-7H,1-3H2. The van der Waals surface area contributed by atoms with E-state index >= 15 is 0 Å². The van der Waals surface area contributed by atoms with Crippen molar-refractivity contribution in [3.05, 3.63) is 0 Å². The maximum absolute atomic E-state index is 5.51. The van der Waals surface area contributed by atoms with Gasteiger partial charge in [0.2, 0.25) is 0 Å². The van der Waals surface area contributed by atoms with Gasteiger partial charge in [-0.2, -0.15) is 0 Å². The summed E-state index contributed by atoms with van der Waals surface area (Å²) < 4.78 is 0. The predicted octanol–water partition coefficient (Wildman–Crippen LogP) is -0.906. The molecule has 0 spiro atoms. The van der Waals surface area contributed by atoms with E-state index in [0.717, 1.165) is 19.8 Å². The van der Waals surface area contributed by atoms with E-state index in [1.807, 2.05) is 0 Å². The minimum atomic E-state index is 0.314. The van der Waals surface area contributed by atoms with Crippen LogP contribution in [0.5, 0.6) is 0 Å². The molecule has 0 saturated carbocycles. The largest absolute Gasteiger partial charge is 0.305 e. The van der Waals surface area contributed by atoms with Crippen LogP contribution in [0, 0.1) is 0 Å². The van der Waals surface area contributed by atoms with Crippen LogP contribution in [0.25, 0.3) is 0 Å². The SMILES string of the molecule is [B]C1CNCNC1. The van der Waals surface area contributed by atoms with Crippen molar-refractivity contribution in [2.24, 2.45) is 0 Å². The van der Waals surface area contributed by atoms with Crippen LogP contribution >= 0.6 is 0 Å². The molecule has 2 nitrogen and oxygen atoms in total. The van der Waals surface area contributed by atoms with Crippen LogP contribution in [-0.4, -0.2) is 27.6 Å². The van der Waals surface area contributed by atoms with Gasteiger partial charge < -0.3 is 10.6 Å². The molecule has 0 aromatic heterocycles. The van der Waals surface area contributed by atoms with Crippen LogP contribution in [0.4, 0.5) is 0 Å². The summed E-state index contributed by atoms with van der Waals surface area (Å²) in [6.07, 6.45) is 0.